The molecule has 0 heterocycles. The van der Waals surface area contributed by atoms with Crippen LogP contribution in [-0.4, -0.2) is 29.9 Å². The second-order valence-corrected chi connectivity index (χ2v) is 6.78. The van der Waals surface area contributed by atoms with Crippen molar-refractivity contribution in [2.75, 3.05) is 7.05 Å². The third kappa shape index (κ3) is 4.83. The first-order chi connectivity index (χ1) is 12.1. The summed E-state index contributed by atoms with van der Waals surface area (Å²) in [7, 11) is 2.05. The fraction of sp³-hybridized carbons (Fsp3) is 0.381. The van der Waals surface area contributed by atoms with Crippen LogP contribution in [0.25, 0.3) is 0 Å². The summed E-state index contributed by atoms with van der Waals surface area (Å²) >= 11 is 0. The molecule has 0 saturated heterocycles. The molecule has 4 nitrogen and oxygen atoms in total. The number of hydrazone groups is 1. The number of nitrogens with two attached hydrogens (primary N) is 1. The zero-order chi connectivity index (χ0) is 17.6. The third-order valence-electron chi connectivity index (χ3n) is 4.77. The van der Waals surface area contributed by atoms with Crippen LogP contribution >= 0.6 is 0 Å². The summed E-state index contributed by atoms with van der Waals surface area (Å²) in [4.78, 5) is 0. The Balaban J connectivity index is 1.64. The lowest BCUT2D eigenvalue weighted by molar-refractivity contribution is 0.187. The highest BCUT2D eigenvalue weighted by atomic mass is 16.5. The van der Waals surface area contributed by atoms with Crippen molar-refractivity contribution in [2.24, 2.45) is 10.8 Å². The molecule has 25 heavy (non-hydrogen) atoms. The molecule has 0 bridgehead atoms. The van der Waals surface area contributed by atoms with E-state index in [-0.39, 0.29) is 0 Å². The number of benzene rings is 2. The van der Waals surface area contributed by atoms with Gasteiger partial charge in [0, 0.05) is 19.1 Å². The van der Waals surface area contributed by atoms with E-state index < -0.39 is 0 Å². The van der Waals surface area contributed by atoms with E-state index in [4.69, 9.17) is 15.6 Å². The molecule has 1 saturated carbocycles. The van der Waals surface area contributed by atoms with Crippen molar-refractivity contribution in [2.45, 2.75) is 44.7 Å². The summed E-state index contributed by atoms with van der Waals surface area (Å²) in [5.41, 5.74) is 8.21. The first-order valence-corrected chi connectivity index (χ1v) is 8.99. The van der Waals surface area contributed by atoms with Gasteiger partial charge in [0.05, 0.1) is 5.71 Å². The minimum Gasteiger partial charge on any atom is -0.457 e. The van der Waals surface area contributed by atoms with Crippen molar-refractivity contribution < 1.29 is 4.74 Å². The second-order valence-electron chi connectivity index (χ2n) is 6.78. The van der Waals surface area contributed by atoms with E-state index in [1.807, 2.05) is 49.4 Å². The molecule has 2 atom stereocenters. The fourth-order valence-electron chi connectivity index (χ4n) is 3.31. The molecule has 1 fully saturated rings. The van der Waals surface area contributed by atoms with Gasteiger partial charge in [-0.3, -0.25) is 5.01 Å². The van der Waals surface area contributed by atoms with Crippen molar-refractivity contribution >= 4 is 5.71 Å². The first kappa shape index (κ1) is 17.5. The van der Waals surface area contributed by atoms with Crippen LogP contribution in [-0.2, 0) is 0 Å². The molecule has 2 aromatic rings. The zero-order valence-corrected chi connectivity index (χ0v) is 15.1. The number of ether oxygens (including phenoxy) is 1. The molecule has 1 aliphatic carbocycles. The highest BCUT2D eigenvalue weighted by molar-refractivity contribution is 5.98. The van der Waals surface area contributed by atoms with Crippen molar-refractivity contribution in [3.05, 3.63) is 60.2 Å². The third-order valence-corrected chi connectivity index (χ3v) is 4.77. The summed E-state index contributed by atoms with van der Waals surface area (Å²) in [5, 5.41) is 6.86. The summed E-state index contributed by atoms with van der Waals surface area (Å²) in [5.74, 6) is 1.67. The molecule has 0 amide bonds. The zero-order valence-electron chi connectivity index (χ0n) is 15.1. The Bertz CT molecular complexity index is 697. The average molecular weight is 337 g/mol. The molecule has 2 unspecified atom stereocenters. The molecule has 0 aliphatic heterocycles. The summed E-state index contributed by atoms with van der Waals surface area (Å²) in [6.07, 6.45) is 4.52. The second kappa shape index (κ2) is 8.17. The lowest BCUT2D eigenvalue weighted by Gasteiger charge is -2.32. The van der Waals surface area contributed by atoms with Gasteiger partial charge in [-0.05, 0) is 74.6 Å². The van der Waals surface area contributed by atoms with Gasteiger partial charge in [0.2, 0.25) is 0 Å². The summed E-state index contributed by atoms with van der Waals surface area (Å²) < 4.78 is 5.84. The molecule has 4 heteroatoms. The molecular weight excluding hydrogens is 310 g/mol. The lowest BCUT2D eigenvalue weighted by atomic mass is 9.91. The molecule has 132 valence electrons. The SMILES string of the molecule is C/C(=N\N(C)C1CCCC(N)C1)c1ccc(Oc2ccccc2)cc1. The van der Waals surface area contributed by atoms with Crippen molar-refractivity contribution in [3.63, 3.8) is 0 Å². The number of hydrogen-bond acceptors (Lipinski definition) is 4. The number of rotatable bonds is 5. The number of nitrogens with zero attached hydrogens (tertiary/aromatic N) is 2. The predicted octanol–water partition coefficient (Wildman–Crippen LogP) is 4.40. The van der Waals surface area contributed by atoms with Crippen LogP contribution in [0.3, 0.4) is 0 Å². The van der Waals surface area contributed by atoms with Crippen molar-refractivity contribution in [1.82, 2.24) is 5.01 Å². The van der Waals surface area contributed by atoms with Gasteiger partial charge < -0.3 is 10.5 Å². The van der Waals surface area contributed by atoms with Gasteiger partial charge in [0.15, 0.2) is 0 Å². The predicted molar refractivity (Wildman–Crippen MR) is 103 cm³/mol. The van der Waals surface area contributed by atoms with Gasteiger partial charge >= 0.3 is 0 Å². The van der Waals surface area contributed by atoms with E-state index in [0.717, 1.165) is 35.6 Å². The van der Waals surface area contributed by atoms with Crippen molar-refractivity contribution in [3.8, 4) is 11.5 Å². The molecule has 3 rings (SSSR count). The maximum Gasteiger partial charge on any atom is 0.127 e. The van der Waals surface area contributed by atoms with Crippen LogP contribution in [0.15, 0.2) is 59.7 Å². The Morgan fingerprint density at radius 2 is 1.72 bits per heavy atom. The Morgan fingerprint density at radius 3 is 2.40 bits per heavy atom. The van der Waals surface area contributed by atoms with Crippen LogP contribution in [0.5, 0.6) is 11.5 Å². The van der Waals surface area contributed by atoms with E-state index in [1.165, 1.54) is 12.8 Å². The quantitative estimate of drug-likeness (QED) is 0.650. The Hall–Kier alpha value is -2.33. The maximum atomic E-state index is 6.10. The molecule has 0 radical (unpaired) electrons. The van der Waals surface area contributed by atoms with Gasteiger partial charge in [0.25, 0.3) is 0 Å². The highest BCUT2D eigenvalue weighted by Crippen LogP contribution is 2.23. The van der Waals surface area contributed by atoms with Crippen LogP contribution in [0.1, 0.15) is 38.2 Å². The monoisotopic (exact) mass is 337 g/mol. The van der Waals surface area contributed by atoms with Gasteiger partial charge in [-0.2, -0.15) is 5.10 Å². The Labute approximate surface area is 150 Å². The number of hydrogen-bond donors (Lipinski definition) is 1. The molecule has 1 aliphatic rings. The molecule has 2 aromatic carbocycles. The minimum absolute atomic E-state index is 0.311. The Morgan fingerprint density at radius 1 is 1.04 bits per heavy atom. The van der Waals surface area contributed by atoms with E-state index >= 15 is 0 Å². The van der Waals surface area contributed by atoms with Gasteiger partial charge in [-0.25, -0.2) is 0 Å². The van der Waals surface area contributed by atoms with Crippen molar-refractivity contribution in [1.29, 1.82) is 0 Å². The molecule has 2 N–H and O–H groups in total. The smallest absolute Gasteiger partial charge is 0.127 e. The van der Waals surface area contributed by atoms with E-state index in [0.29, 0.717) is 12.1 Å². The average Bonchev–Trinajstić information content (AvgIpc) is 2.63. The van der Waals surface area contributed by atoms with E-state index in [9.17, 15) is 0 Å². The van der Waals surface area contributed by atoms with Gasteiger partial charge in [-0.15, -0.1) is 0 Å². The van der Waals surface area contributed by atoms with E-state index in [1.54, 1.807) is 0 Å². The van der Waals surface area contributed by atoms with Gasteiger partial charge in [0.1, 0.15) is 11.5 Å². The summed E-state index contributed by atoms with van der Waals surface area (Å²) in [6.45, 7) is 2.05. The van der Waals surface area contributed by atoms with Crippen LogP contribution < -0.4 is 10.5 Å². The van der Waals surface area contributed by atoms with Crippen LogP contribution in [0.4, 0.5) is 0 Å². The molecule has 0 spiro atoms. The normalized spacial score (nSPS) is 21.0. The fourth-order valence-corrected chi connectivity index (χ4v) is 3.31. The minimum atomic E-state index is 0.311. The van der Waals surface area contributed by atoms with Crippen LogP contribution in [0, 0.1) is 0 Å². The van der Waals surface area contributed by atoms with Gasteiger partial charge in [-0.1, -0.05) is 18.2 Å². The largest absolute Gasteiger partial charge is 0.457 e. The first-order valence-electron chi connectivity index (χ1n) is 8.99. The topological polar surface area (TPSA) is 50.8 Å². The van der Waals surface area contributed by atoms with Crippen LogP contribution in [0.2, 0.25) is 0 Å². The molecule has 0 aromatic heterocycles. The standard InChI is InChI=1S/C21H27N3O/c1-16(23-24(2)19-8-6-7-18(22)15-19)17-11-13-21(14-12-17)25-20-9-4-3-5-10-20/h3-5,9-14,18-19H,6-8,15,22H2,1-2H3/b23-16+. The summed E-state index contributed by atoms with van der Waals surface area (Å²) in [6, 6.07) is 18.6. The highest BCUT2D eigenvalue weighted by Gasteiger charge is 2.22. The molecular formula is C21H27N3O. The lowest BCUT2D eigenvalue weighted by Crippen LogP contribution is -2.38. The Kier molecular flexibility index (Phi) is 5.71. The number of para-hydroxylation sites is 1. The maximum absolute atomic E-state index is 6.10. The van der Waals surface area contributed by atoms with E-state index in [2.05, 4.69) is 24.2 Å².